The molecule has 0 bridgehead atoms. The molecule has 0 N–H and O–H groups in total. The summed E-state index contributed by atoms with van der Waals surface area (Å²) in [7, 11) is -4.94. The van der Waals surface area contributed by atoms with Gasteiger partial charge in [-0.15, -0.1) is 14.8 Å². The monoisotopic (exact) mass is 369 g/mol. The maximum absolute atomic E-state index is 8.49. The first kappa shape index (κ1) is 17.8. The Balaban J connectivity index is 0.000000338. The van der Waals surface area contributed by atoms with E-state index in [1.807, 2.05) is 12.1 Å². The highest BCUT2D eigenvalue weighted by Crippen LogP contribution is 2.19. The van der Waals surface area contributed by atoms with Gasteiger partial charge in [0.1, 0.15) is 0 Å². The normalized spacial score (nSPS) is 10.6. The summed E-state index contributed by atoms with van der Waals surface area (Å²) in [5, 5.41) is 4.25. The molecule has 0 radical (unpaired) electrons. The fraction of sp³-hybridized carbons (Fsp3) is 0. The molecule has 3 aromatic rings. The van der Waals surface area contributed by atoms with Gasteiger partial charge in [0.25, 0.3) is 0 Å². The molecule has 0 unspecified atom stereocenters. The lowest BCUT2D eigenvalue weighted by Crippen LogP contribution is -2.68. The number of benzene rings is 2. The highest BCUT2D eigenvalue weighted by atomic mass is 35.7. The molecule has 120 valence electrons. The number of hydrogen-bond donors (Lipinski definition) is 0. The SMILES string of the molecule is [O-][Cl+3]([O-])([O-])[O-].c1ccc([N+](c2ccccc2)=c2sccs2)cc1. The Morgan fingerprint density at radius 2 is 1.00 bits per heavy atom. The van der Waals surface area contributed by atoms with Crippen molar-refractivity contribution in [2.24, 2.45) is 0 Å². The Hall–Kier alpha value is -1.58. The van der Waals surface area contributed by atoms with Gasteiger partial charge in [-0.05, 0) is 0 Å². The molecule has 1 heterocycles. The molecule has 23 heavy (non-hydrogen) atoms. The molecule has 0 amide bonds. The molecule has 8 heteroatoms. The average Bonchev–Trinajstić information content (AvgIpc) is 3.02. The summed E-state index contributed by atoms with van der Waals surface area (Å²) in [5.41, 5.74) is 2.39. The third-order valence-electron chi connectivity index (χ3n) is 2.60. The van der Waals surface area contributed by atoms with E-state index in [9.17, 15) is 0 Å². The Morgan fingerprint density at radius 1 is 0.652 bits per heavy atom. The van der Waals surface area contributed by atoms with Gasteiger partial charge in [0, 0.05) is 35.0 Å². The third kappa shape index (κ3) is 6.20. The second kappa shape index (κ2) is 8.32. The summed E-state index contributed by atoms with van der Waals surface area (Å²) in [5.74, 6) is 0. The molecule has 0 saturated heterocycles. The van der Waals surface area contributed by atoms with Crippen molar-refractivity contribution < 1.29 is 28.9 Å². The van der Waals surface area contributed by atoms with Crippen molar-refractivity contribution in [1.82, 2.24) is 4.58 Å². The summed E-state index contributed by atoms with van der Waals surface area (Å²) in [4.78, 5) is 0. The van der Waals surface area contributed by atoms with Crippen molar-refractivity contribution in [2.45, 2.75) is 0 Å². The Bertz CT molecular complexity index is 718. The highest BCUT2D eigenvalue weighted by Gasteiger charge is 2.14. The van der Waals surface area contributed by atoms with E-state index >= 15 is 0 Å². The van der Waals surface area contributed by atoms with Crippen LogP contribution in [0.5, 0.6) is 0 Å². The van der Waals surface area contributed by atoms with Crippen molar-refractivity contribution in [1.29, 1.82) is 0 Å². The van der Waals surface area contributed by atoms with Gasteiger partial charge in [-0.25, -0.2) is 18.6 Å². The zero-order valence-electron chi connectivity index (χ0n) is 11.7. The molecule has 0 atom stereocenters. The van der Waals surface area contributed by atoms with Crippen LogP contribution in [0.25, 0.3) is 0 Å². The smallest absolute Gasteiger partial charge is 0.222 e. The maximum Gasteiger partial charge on any atom is 0.325 e. The second-order valence-electron chi connectivity index (χ2n) is 4.16. The van der Waals surface area contributed by atoms with Crippen molar-refractivity contribution in [2.75, 3.05) is 0 Å². The van der Waals surface area contributed by atoms with E-state index in [4.69, 9.17) is 18.6 Å². The number of para-hydroxylation sites is 2. The zero-order valence-corrected chi connectivity index (χ0v) is 14.1. The van der Waals surface area contributed by atoms with E-state index < -0.39 is 10.2 Å². The molecule has 5 nitrogen and oxygen atoms in total. The van der Waals surface area contributed by atoms with Crippen LogP contribution in [-0.4, -0.2) is 0 Å². The molecular formula is C15H12ClNO4S2. The largest absolute Gasteiger partial charge is 0.325 e. The number of halogens is 1. The van der Waals surface area contributed by atoms with Gasteiger partial charge < -0.3 is 0 Å². The predicted molar refractivity (Wildman–Crippen MR) is 79.7 cm³/mol. The fourth-order valence-corrected chi connectivity index (χ4v) is 3.68. The van der Waals surface area contributed by atoms with Crippen molar-refractivity contribution in [3.63, 3.8) is 0 Å². The van der Waals surface area contributed by atoms with Gasteiger partial charge in [-0.3, -0.25) is 0 Å². The van der Waals surface area contributed by atoms with Crippen LogP contribution < -0.4 is 27.2 Å². The summed E-state index contributed by atoms with van der Waals surface area (Å²) in [6.45, 7) is 0. The molecular weight excluding hydrogens is 358 g/mol. The summed E-state index contributed by atoms with van der Waals surface area (Å²) in [6.07, 6.45) is 0. The molecule has 0 aliphatic carbocycles. The van der Waals surface area contributed by atoms with Crippen LogP contribution >= 0.6 is 22.7 Å². The number of nitrogens with zero attached hydrogens (tertiary/aromatic N) is 1. The highest BCUT2D eigenvalue weighted by molar-refractivity contribution is 7.24. The Kier molecular flexibility index (Phi) is 6.43. The van der Waals surface area contributed by atoms with Crippen LogP contribution in [0.2, 0.25) is 0 Å². The summed E-state index contributed by atoms with van der Waals surface area (Å²) < 4.78 is 37.5. The number of hydrogen-bond acceptors (Lipinski definition) is 6. The molecule has 0 fully saturated rings. The van der Waals surface area contributed by atoms with Crippen LogP contribution in [0.4, 0.5) is 11.4 Å². The van der Waals surface area contributed by atoms with E-state index in [2.05, 4.69) is 63.9 Å². The van der Waals surface area contributed by atoms with Crippen LogP contribution in [0.15, 0.2) is 71.4 Å². The van der Waals surface area contributed by atoms with Crippen molar-refractivity contribution in [3.8, 4) is 0 Å². The number of rotatable bonds is 2. The minimum absolute atomic E-state index is 1.20. The van der Waals surface area contributed by atoms with Crippen molar-refractivity contribution >= 4 is 34.0 Å². The third-order valence-corrected chi connectivity index (χ3v) is 4.67. The van der Waals surface area contributed by atoms with E-state index in [1.54, 1.807) is 22.7 Å². The molecule has 0 spiro atoms. The molecule has 0 saturated carbocycles. The lowest BCUT2D eigenvalue weighted by molar-refractivity contribution is -2.00. The summed E-state index contributed by atoms with van der Waals surface area (Å²) >= 11 is 3.53. The van der Waals surface area contributed by atoms with Crippen LogP contribution in [0.1, 0.15) is 0 Å². The van der Waals surface area contributed by atoms with E-state index in [0.29, 0.717) is 0 Å². The second-order valence-corrected chi connectivity index (χ2v) is 6.96. The quantitative estimate of drug-likeness (QED) is 0.568. The molecule has 0 aliphatic heterocycles. The summed E-state index contributed by atoms with van der Waals surface area (Å²) in [6, 6.07) is 20.9. The van der Waals surface area contributed by atoms with Crippen molar-refractivity contribution in [3.05, 3.63) is 75.4 Å². The molecule has 3 rings (SSSR count). The minimum Gasteiger partial charge on any atom is -0.222 e. The van der Waals surface area contributed by atoms with Gasteiger partial charge in [0.15, 0.2) is 0 Å². The van der Waals surface area contributed by atoms with E-state index in [0.717, 1.165) is 0 Å². The van der Waals surface area contributed by atoms with Gasteiger partial charge in [-0.2, -0.15) is 0 Å². The average molecular weight is 370 g/mol. The minimum atomic E-state index is -4.94. The zero-order chi connectivity index (χ0) is 16.7. The van der Waals surface area contributed by atoms with E-state index in [-0.39, 0.29) is 0 Å². The lowest BCUT2D eigenvalue weighted by atomic mass is 10.2. The standard InChI is InChI=1S/C15H12NS2.ClHO4/c1-3-7-13(8-4-1)16(15-17-11-12-18-15)14-9-5-2-6-10-14;2-1(3,4)5/h1-12H;(H,2,3,4,5)/q+1;/p-1. The van der Waals surface area contributed by atoms with Crippen LogP contribution in [0, 0.1) is 10.2 Å². The Labute approximate surface area is 143 Å². The topological polar surface area (TPSA) is 95.2 Å². The first-order valence-electron chi connectivity index (χ1n) is 6.32. The van der Waals surface area contributed by atoms with Crippen LogP contribution in [0.3, 0.4) is 0 Å². The van der Waals surface area contributed by atoms with E-state index in [1.165, 1.54) is 15.4 Å². The lowest BCUT2D eigenvalue weighted by Gasteiger charge is -2.17. The fourth-order valence-electron chi connectivity index (χ4n) is 1.82. The molecule has 2 aromatic carbocycles. The molecule has 1 aromatic heterocycles. The van der Waals surface area contributed by atoms with Gasteiger partial charge in [0.2, 0.25) is 11.4 Å². The van der Waals surface area contributed by atoms with Gasteiger partial charge >= 0.3 is 3.98 Å². The maximum atomic E-state index is 8.49. The first-order valence-corrected chi connectivity index (χ1v) is 9.32. The van der Waals surface area contributed by atoms with Gasteiger partial charge in [-0.1, -0.05) is 59.1 Å². The molecule has 0 aliphatic rings. The first-order chi connectivity index (χ1) is 10.9. The van der Waals surface area contributed by atoms with Gasteiger partial charge in [0.05, 0.1) is 0 Å². The van der Waals surface area contributed by atoms with Crippen LogP contribution in [-0.2, 0) is 0 Å². The predicted octanol–water partition coefficient (Wildman–Crippen LogP) is -0.511. The Morgan fingerprint density at radius 3 is 1.35 bits per heavy atom.